The molecular formula is C17H16N4O4S. The van der Waals surface area contributed by atoms with Crippen molar-refractivity contribution in [2.45, 2.75) is 5.16 Å². The minimum absolute atomic E-state index is 0.0208. The molecule has 2 heterocycles. The zero-order chi connectivity index (χ0) is 19.1. The molecule has 0 fully saturated rings. The van der Waals surface area contributed by atoms with Crippen molar-refractivity contribution in [3.63, 3.8) is 0 Å². The summed E-state index contributed by atoms with van der Waals surface area (Å²) < 4.78 is 25.3. The van der Waals surface area contributed by atoms with Crippen molar-refractivity contribution < 1.29 is 18.0 Å². The molecule has 0 aliphatic carbocycles. The number of primary amides is 1. The summed E-state index contributed by atoms with van der Waals surface area (Å²) in [5.74, 6) is -1.04. The van der Waals surface area contributed by atoms with Crippen LogP contribution < -0.4 is 10.6 Å². The average molecular weight is 372 g/mol. The topological polar surface area (TPSA) is 115 Å². The maximum Gasteiger partial charge on any atom is 0.278 e. The van der Waals surface area contributed by atoms with E-state index >= 15 is 0 Å². The van der Waals surface area contributed by atoms with Crippen molar-refractivity contribution in [2.75, 3.05) is 18.2 Å². The molecule has 1 aromatic carbocycles. The molecule has 0 atom stereocenters. The molecule has 9 heteroatoms. The summed E-state index contributed by atoms with van der Waals surface area (Å²) >= 11 is 0. The van der Waals surface area contributed by atoms with Crippen LogP contribution in [0.3, 0.4) is 0 Å². The van der Waals surface area contributed by atoms with E-state index in [2.05, 4.69) is 4.98 Å². The Morgan fingerprint density at radius 2 is 1.77 bits per heavy atom. The van der Waals surface area contributed by atoms with E-state index in [4.69, 9.17) is 5.73 Å². The zero-order valence-electron chi connectivity index (χ0n) is 14.1. The van der Waals surface area contributed by atoms with E-state index in [0.717, 1.165) is 6.26 Å². The number of nitrogens with two attached hydrogens (primary N) is 1. The molecule has 2 N–H and O–H groups in total. The van der Waals surface area contributed by atoms with Crippen LogP contribution in [0.25, 0.3) is 5.52 Å². The van der Waals surface area contributed by atoms with Gasteiger partial charge < -0.3 is 10.6 Å². The third-order valence-corrected chi connectivity index (χ3v) is 4.85. The number of hydrogen-bond donors (Lipinski definition) is 1. The van der Waals surface area contributed by atoms with Gasteiger partial charge in [-0.05, 0) is 36.4 Å². The lowest BCUT2D eigenvalue weighted by atomic mass is 10.2. The predicted molar refractivity (Wildman–Crippen MR) is 96.0 cm³/mol. The van der Waals surface area contributed by atoms with Gasteiger partial charge in [-0.25, -0.2) is 13.4 Å². The molecule has 2 aromatic heterocycles. The second-order valence-corrected chi connectivity index (χ2v) is 7.66. The highest BCUT2D eigenvalue weighted by molar-refractivity contribution is 7.90. The van der Waals surface area contributed by atoms with E-state index in [1.807, 2.05) is 0 Å². The number of aromatic nitrogens is 2. The lowest BCUT2D eigenvalue weighted by Gasteiger charge is -2.16. The van der Waals surface area contributed by atoms with Crippen LogP contribution in [0.4, 0.5) is 5.69 Å². The second-order valence-electron chi connectivity index (χ2n) is 5.75. The summed E-state index contributed by atoms with van der Waals surface area (Å²) in [4.78, 5) is 29.4. The summed E-state index contributed by atoms with van der Waals surface area (Å²) in [6.45, 7) is 0. The number of benzene rings is 1. The van der Waals surface area contributed by atoms with Gasteiger partial charge in [0.25, 0.3) is 5.91 Å². The predicted octanol–water partition coefficient (Wildman–Crippen LogP) is 1.11. The minimum atomic E-state index is -3.62. The summed E-state index contributed by atoms with van der Waals surface area (Å²) in [5.41, 5.74) is 6.45. The molecule has 0 saturated heterocycles. The maximum absolute atomic E-state index is 12.9. The monoisotopic (exact) mass is 372 g/mol. The van der Waals surface area contributed by atoms with Crippen molar-refractivity contribution in [1.82, 2.24) is 9.38 Å². The highest BCUT2D eigenvalue weighted by Gasteiger charge is 2.25. The molecule has 3 aromatic rings. The average Bonchev–Trinajstić information content (AvgIpc) is 3.00. The van der Waals surface area contributed by atoms with E-state index in [0.29, 0.717) is 16.8 Å². The number of carbonyl (C=O) groups is 2. The molecule has 0 saturated carbocycles. The Hall–Kier alpha value is -3.20. The first-order valence-electron chi connectivity index (χ1n) is 7.55. The molecule has 2 amide bonds. The largest absolute Gasteiger partial charge is 0.366 e. The number of carbonyl (C=O) groups excluding carboxylic acids is 2. The van der Waals surface area contributed by atoms with Crippen molar-refractivity contribution >= 4 is 32.9 Å². The first-order valence-corrected chi connectivity index (χ1v) is 9.44. The molecular weight excluding hydrogens is 356 g/mol. The van der Waals surface area contributed by atoms with Gasteiger partial charge >= 0.3 is 0 Å². The summed E-state index contributed by atoms with van der Waals surface area (Å²) in [6.07, 6.45) is 2.58. The van der Waals surface area contributed by atoms with Crippen LogP contribution in [0, 0.1) is 0 Å². The second kappa shape index (κ2) is 6.26. The fourth-order valence-electron chi connectivity index (χ4n) is 2.55. The van der Waals surface area contributed by atoms with Gasteiger partial charge in [-0.15, -0.1) is 0 Å². The van der Waals surface area contributed by atoms with Gasteiger partial charge in [-0.2, -0.15) is 0 Å². The van der Waals surface area contributed by atoms with Crippen LogP contribution in [0.5, 0.6) is 0 Å². The van der Waals surface area contributed by atoms with E-state index in [9.17, 15) is 18.0 Å². The number of nitrogens with zero attached hydrogens (tertiary/aromatic N) is 3. The van der Waals surface area contributed by atoms with Crippen LogP contribution >= 0.6 is 0 Å². The van der Waals surface area contributed by atoms with E-state index in [1.54, 1.807) is 30.3 Å². The third kappa shape index (κ3) is 3.04. The van der Waals surface area contributed by atoms with Gasteiger partial charge in [0.2, 0.25) is 20.9 Å². The SMILES string of the molecule is CN(C(=O)c1nc(S(C)(=O)=O)n2ccccc12)c1ccc(C(N)=O)cc1. The molecule has 3 rings (SSSR count). The van der Waals surface area contributed by atoms with E-state index < -0.39 is 21.7 Å². The number of sulfone groups is 1. The summed E-state index contributed by atoms with van der Waals surface area (Å²) in [5, 5.41) is -0.200. The highest BCUT2D eigenvalue weighted by atomic mass is 32.2. The maximum atomic E-state index is 12.9. The number of anilines is 1. The van der Waals surface area contributed by atoms with Crippen molar-refractivity contribution in [2.24, 2.45) is 5.73 Å². The Balaban J connectivity index is 2.06. The molecule has 0 aliphatic rings. The summed E-state index contributed by atoms with van der Waals surface area (Å²) in [7, 11) is -2.08. The smallest absolute Gasteiger partial charge is 0.278 e. The molecule has 0 bridgehead atoms. The molecule has 26 heavy (non-hydrogen) atoms. The minimum Gasteiger partial charge on any atom is -0.366 e. The van der Waals surface area contributed by atoms with Gasteiger partial charge in [-0.3, -0.25) is 14.0 Å². The standard InChI is InChI=1S/C17H16N4O4S/c1-20(12-8-6-11(7-9-12)15(18)22)16(23)14-13-5-3-4-10-21(13)17(19-14)26(2,24)25/h3-10H,1-2H3,(H2,18,22). The molecule has 0 aliphatic heterocycles. The van der Waals surface area contributed by atoms with Crippen LogP contribution in [0.15, 0.2) is 53.8 Å². The molecule has 8 nitrogen and oxygen atoms in total. The zero-order valence-corrected chi connectivity index (χ0v) is 14.9. The van der Waals surface area contributed by atoms with E-state index in [1.165, 1.54) is 34.7 Å². The summed E-state index contributed by atoms with van der Waals surface area (Å²) in [6, 6.07) is 11.1. The quantitative estimate of drug-likeness (QED) is 0.737. The molecule has 0 radical (unpaired) electrons. The first kappa shape index (κ1) is 17.6. The van der Waals surface area contributed by atoms with Crippen LogP contribution in [0.2, 0.25) is 0 Å². The van der Waals surface area contributed by atoms with Gasteiger partial charge in [-0.1, -0.05) is 6.07 Å². The van der Waals surface area contributed by atoms with Gasteiger partial charge in [0.1, 0.15) is 0 Å². The number of fused-ring (bicyclic) bond motifs is 1. The lowest BCUT2D eigenvalue weighted by Crippen LogP contribution is -2.27. The molecule has 0 unspecified atom stereocenters. The number of hydrogen-bond acceptors (Lipinski definition) is 5. The Kier molecular flexibility index (Phi) is 4.25. The number of pyridine rings is 1. The Labute approximate surface area is 149 Å². The normalized spacial score (nSPS) is 11.5. The first-order chi connectivity index (χ1) is 12.2. The fraction of sp³-hybridized carbons (Fsp3) is 0.118. The van der Waals surface area contributed by atoms with Crippen LogP contribution in [0.1, 0.15) is 20.8 Å². The van der Waals surface area contributed by atoms with Gasteiger partial charge in [0, 0.05) is 30.8 Å². The fourth-order valence-corrected chi connectivity index (χ4v) is 3.33. The van der Waals surface area contributed by atoms with Crippen molar-refractivity contribution in [3.8, 4) is 0 Å². The van der Waals surface area contributed by atoms with Crippen LogP contribution in [-0.4, -0.2) is 42.9 Å². The number of imidazole rings is 1. The Morgan fingerprint density at radius 1 is 1.12 bits per heavy atom. The number of amides is 2. The van der Waals surface area contributed by atoms with E-state index in [-0.39, 0.29) is 10.9 Å². The van der Waals surface area contributed by atoms with Gasteiger partial charge in [0.15, 0.2) is 5.69 Å². The van der Waals surface area contributed by atoms with Crippen LogP contribution in [-0.2, 0) is 9.84 Å². The van der Waals surface area contributed by atoms with Crippen molar-refractivity contribution in [3.05, 3.63) is 59.9 Å². The third-order valence-electron chi connectivity index (χ3n) is 3.89. The highest BCUT2D eigenvalue weighted by Crippen LogP contribution is 2.21. The Morgan fingerprint density at radius 3 is 2.35 bits per heavy atom. The molecule has 0 spiro atoms. The van der Waals surface area contributed by atoms with Crippen molar-refractivity contribution in [1.29, 1.82) is 0 Å². The lowest BCUT2D eigenvalue weighted by molar-refractivity contribution is 0.0987. The Bertz CT molecular complexity index is 1120. The number of rotatable bonds is 4. The van der Waals surface area contributed by atoms with Gasteiger partial charge in [0.05, 0.1) is 5.52 Å². The molecule has 134 valence electrons.